The zero-order valence-corrected chi connectivity index (χ0v) is 22.3. The second-order valence-electron chi connectivity index (χ2n) is 9.20. The summed E-state index contributed by atoms with van der Waals surface area (Å²) in [6, 6.07) is 15.5. The summed E-state index contributed by atoms with van der Waals surface area (Å²) in [5, 5.41) is 7.21. The fraction of sp³-hybridized carbons (Fsp3) is 0.538. The van der Waals surface area contributed by atoms with Gasteiger partial charge in [-0.1, -0.05) is 41.9 Å². The number of hydrogen-bond donors (Lipinski definition) is 2. The van der Waals surface area contributed by atoms with Crippen LogP contribution in [0.2, 0.25) is 5.02 Å². The third-order valence-electron chi connectivity index (χ3n) is 6.62. The van der Waals surface area contributed by atoms with Gasteiger partial charge in [0.15, 0.2) is 0 Å². The lowest BCUT2D eigenvalue weighted by molar-refractivity contribution is 0.0406. The summed E-state index contributed by atoms with van der Waals surface area (Å²) in [6.45, 7) is 8.13. The fourth-order valence-electron chi connectivity index (χ4n) is 4.58. The Labute approximate surface area is 219 Å². The van der Waals surface area contributed by atoms with Gasteiger partial charge in [0.2, 0.25) is 10.0 Å². The van der Waals surface area contributed by atoms with E-state index in [9.17, 15) is 8.42 Å². The molecule has 3 heterocycles. The largest absolute Gasteiger partial charge is 0.383 e. The Hall–Kier alpha value is -1.72. The van der Waals surface area contributed by atoms with E-state index in [4.69, 9.17) is 21.1 Å². The molecule has 2 saturated heterocycles. The van der Waals surface area contributed by atoms with Gasteiger partial charge in [0.1, 0.15) is 0 Å². The third kappa shape index (κ3) is 8.14. The fourth-order valence-corrected chi connectivity index (χ4v) is 6.44. The topological polar surface area (TPSA) is 83.1 Å². The number of nitrogens with zero attached hydrogens (tertiary/aromatic N) is 2. The van der Waals surface area contributed by atoms with E-state index in [1.54, 1.807) is 4.31 Å². The number of benzene rings is 2. The monoisotopic (exact) mass is 536 g/mol. The number of halogens is 1. The molecule has 8 nitrogen and oxygen atoms in total. The standard InChI is InChI=1S/C22H28ClN3O3S.C4H9NO/c23-20-6-7-22-19(15-20)17-26(21(16-24-22)14-18-4-2-1-3-5-18)30(27,28)13-10-25-8-11-29-12-9-25;1-3-6-4-2-5-1/h1-7,15,21,24H,8-14,16-17H2;5H,1-4H2/t21-;/m1./s1. The number of fused-ring (bicyclic) bond motifs is 1. The first-order valence-corrected chi connectivity index (χ1v) is 14.6. The van der Waals surface area contributed by atoms with E-state index in [0.717, 1.165) is 56.2 Å². The maximum absolute atomic E-state index is 13.5. The van der Waals surface area contributed by atoms with Crippen molar-refractivity contribution in [2.24, 2.45) is 0 Å². The SMILES string of the molecule is C1COCCN1.O=S(=O)(CCN1CCOCC1)N1Cc2cc(Cl)ccc2NC[C@H]1Cc1ccccc1. The molecule has 0 aromatic heterocycles. The predicted molar refractivity (Wildman–Crippen MR) is 144 cm³/mol. The molecule has 2 fully saturated rings. The maximum atomic E-state index is 13.5. The minimum absolute atomic E-state index is 0.105. The number of morpholine rings is 2. The molecule has 2 aromatic rings. The quantitative estimate of drug-likeness (QED) is 0.587. The number of sulfonamides is 1. The highest BCUT2D eigenvalue weighted by atomic mass is 35.5. The number of rotatable bonds is 6. The maximum Gasteiger partial charge on any atom is 0.215 e. The van der Waals surface area contributed by atoms with Gasteiger partial charge in [-0.05, 0) is 35.7 Å². The van der Waals surface area contributed by atoms with Crippen LogP contribution in [0.1, 0.15) is 11.1 Å². The molecule has 10 heteroatoms. The van der Waals surface area contributed by atoms with E-state index < -0.39 is 10.0 Å². The van der Waals surface area contributed by atoms with Crippen molar-refractivity contribution < 1.29 is 17.9 Å². The molecular formula is C26H37ClN4O4S. The summed E-state index contributed by atoms with van der Waals surface area (Å²) in [4.78, 5) is 2.16. The molecule has 36 heavy (non-hydrogen) atoms. The van der Waals surface area contributed by atoms with Gasteiger partial charge in [-0.2, -0.15) is 4.31 Å². The van der Waals surface area contributed by atoms with E-state index in [1.807, 2.05) is 48.5 Å². The normalized spacial score (nSPS) is 21.4. The minimum Gasteiger partial charge on any atom is -0.383 e. The minimum atomic E-state index is -3.46. The van der Waals surface area contributed by atoms with Crippen LogP contribution in [0.25, 0.3) is 0 Å². The van der Waals surface area contributed by atoms with Crippen molar-refractivity contribution in [1.82, 2.24) is 14.5 Å². The summed E-state index contributed by atoms with van der Waals surface area (Å²) in [6.07, 6.45) is 0.659. The van der Waals surface area contributed by atoms with Crippen molar-refractivity contribution in [2.75, 3.05) is 76.8 Å². The molecule has 0 radical (unpaired) electrons. The average Bonchev–Trinajstić information content (AvgIpc) is 3.10. The molecule has 0 saturated carbocycles. The summed E-state index contributed by atoms with van der Waals surface area (Å²) in [7, 11) is -3.46. The van der Waals surface area contributed by atoms with Crippen molar-refractivity contribution >= 4 is 27.3 Å². The number of anilines is 1. The van der Waals surface area contributed by atoms with Crippen molar-refractivity contribution in [3.63, 3.8) is 0 Å². The van der Waals surface area contributed by atoms with Gasteiger partial charge in [0, 0.05) is 62.6 Å². The Balaban J connectivity index is 0.000000445. The van der Waals surface area contributed by atoms with Crippen molar-refractivity contribution in [3.05, 3.63) is 64.7 Å². The van der Waals surface area contributed by atoms with E-state index >= 15 is 0 Å². The third-order valence-corrected chi connectivity index (χ3v) is 8.69. The van der Waals surface area contributed by atoms with Crippen LogP contribution in [-0.4, -0.2) is 95.1 Å². The molecule has 0 amide bonds. The molecule has 1 atom stereocenters. The van der Waals surface area contributed by atoms with Crippen LogP contribution >= 0.6 is 11.6 Å². The average molecular weight is 537 g/mol. The molecule has 0 spiro atoms. The molecule has 5 rings (SSSR count). The molecule has 3 aliphatic rings. The first-order chi connectivity index (χ1) is 17.5. The van der Waals surface area contributed by atoms with Crippen LogP contribution in [0, 0.1) is 0 Å². The van der Waals surface area contributed by atoms with Crippen LogP contribution in [0.15, 0.2) is 48.5 Å². The van der Waals surface area contributed by atoms with Gasteiger partial charge in [-0.3, -0.25) is 4.90 Å². The van der Waals surface area contributed by atoms with Gasteiger partial charge in [-0.25, -0.2) is 8.42 Å². The van der Waals surface area contributed by atoms with Crippen LogP contribution in [0.3, 0.4) is 0 Å². The van der Waals surface area contributed by atoms with Gasteiger partial charge in [0.25, 0.3) is 0 Å². The van der Waals surface area contributed by atoms with Gasteiger partial charge in [-0.15, -0.1) is 0 Å². The molecule has 198 valence electrons. The van der Waals surface area contributed by atoms with Gasteiger partial charge < -0.3 is 20.1 Å². The summed E-state index contributed by atoms with van der Waals surface area (Å²) < 4.78 is 39.0. The van der Waals surface area contributed by atoms with Crippen LogP contribution in [0.4, 0.5) is 5.69 Å². The Morgan fingerprint density at radius 2 is 1.69 bits per heavy atom. The summed E-state index contributed by atoms with van der Waals surface area (Å²) >= 11 is 6.21. The highest BCUT2D eigenvalue weighted by Crippen LogP contribution is 2.28. The van der Waals surface area contributed by atoms with Crippen molar-refractivity contribution in [2.45, 2.75) is 19.0 Å². The predicted octanol–water partition coefficient (Wildman–Crippen LogP) is 2.45. The Kier molecular flexibility index (Phi) is 10.4. The lowest BCUT2D eigenvalue weighted by Crippen LogP contribution is -2.47. The lowest BCUT2D eigenvalue weighted by atomic mass is 10.1. The molecular weight excluding hydrogens is 500 g/mol. The smallest absolute Gasteiger partial charge is 0.215 e. The van der Waals surface area contributed by atoms with Crippen LogP contribution in [-0.2, 0) is 32.5 Å². The van der Waals surface area contributed by atoms with Gasteiger partial charge in [0.05, 0.1) is 32.2 Å². The molecule has 2 N–H and O–H groups in total. The molecule has 0 bridgehead atoms. The van der Waals surface area contributed by atoms with Crippen LogP contribution in [0.5, 0.6) is 0 Å². The van der Waals surface area contributed by atoms with E-state index in [-0.39, 0.29) is 11.8 Å². The highest BCUT2D eigenvalue weighted by Gasteiger charge is 2.33. The Morgan fingerprint density at radius 1 is 0.972 bits per heavy atom. The van der Waals surface area contributed by atoms with Crippen LogP contribution < -0.4 is 10.6 Å². The summed E-state index contributed by atoms with van der Waals surface area (Å²) in [5.41, 5.74) is 2.98. The number of nitrogens with one attached hydrogen (secondary N) is 2. The number of hydrogen-bond acceptors (Lipinski definition) is 7. The molecule has 0 aliphatic carbocycles. The first kappa shape index (κ1) is 27.3. The van der Waals surface area contributed by atoms with E-state index in [0.29, 0.717) is 44.3 Å². The second-order valence-corrected chi connectivity index (χ2v) is 11.7. The zero-order chi connectivity index (χ0) is 25.2. The summed E-state index contributed by atoms with van der Waals surface area (Å²) in [5.74, 6) is 0.105. The molecule has 0 unspecified atom stereocenters. The highest BCUT2D eigenvalue weighted by molar-refractivity contribution is 7.89. The van der Waals surface area contributed by atoms with Gasteiger partial charge >= 0.3 is 0 Å². The molecule has 2 aromatic carbocycles. The van der Waals surface area contributed by atoms with E-state index in [2.05, 4.69) is 15.5 Å². The molecule has 3 aliphatic heterocycles. The van der Waals surface area contributed by atoms with Crippen molar-refractivity contribution in [3.8, 4) is 0 Å². The Morgan fingerprint density at radius 3 is 2.36 bits per heavy atom. The second kappa shape index (κ2) is 13.7. The Bertz CT molecular complexity index is 1040. The number of ether oxygens (including phenoxy) is 2. The van der Waals surface area contributed by atoms with E-state index in [1.165, 1.54) is 0 Å². The van der Waals surface area contributed by atoms with Crippen molar-refractivity contribution in [1.29, 1.82) is 0 Å². The first-order valence-electron chi connectivity index (χ1n) is 12.7. The zero-order valence-electron chi connectivity index (χ0n) is 20.7. The lowest BCUT2D eigenvalue weighted by Gasteiger charge is -2.31.